The minimum atomic E-state index is -4.75. The highest BCUT2D eigenvalue weighted by Gasteiger charge is 2.34. The maximum atomic E-state index is 13.3. The Kier molecular flexibility index (Phi) is 7.62. The molecule has 174 valence electrons. The molecule has 0 spiro atoms. The Morgan fingerprint density at radius 1 is 0.970 bits per heavy atom. The fraction of sp³-hybridized carbons (Fsp3) is 0.0952. The van der Waals surface area contributed by atoms with Crippen LogP contribution in [0.3, 0.4) is 0 Å². The monoisotopic (exact) mass is 580 g/mol. The summed E-state index contributed by atoms with van der Waals surface area (Å²) in [6.07, 6.45) is -4.75. The summed E-state index contributed by atoms with van der Waals surface area (Å²) in [5.41, 5.74) is -1.34. The van der Waals surface area contributed by atoms with Crippen LogP contribution in [0.5, 0.6) is 0 Å². The van der Waals surface area contributed by atoms with Crippen molar-refractivity contribution in [3.8, 4) is 0 Å². The van der Waals surface area contributed by atoms with E-state index in [1.807, 2.05) is 0 Å². The summed E-state index contributed by atoms with van der Waals surface area (Å²) in [7, 11) is -4.45. The van der Waals surface area contributed by atoms with Crippen molar-refractivity contribution in [3.63, 3.8) is 0 Å². The molecular weight excluding hydrogens is 568 g/mol. The van der Waals surface area contributed by atoms with Gasteiger partial charge in [0.15, 0.2) is 0 Å². The molecule has 1 amide bonds. The first-order valence-corrected chi connectivity index (χ1v) is 12.1. The predicted molar refractivity (Wildman–Crippen MR) is 125 cm³/mol. The Morgan fingerprint density at radius 3 is 2.24 bits per heavy atom. The minimum Gasteiger partial charge on any atom is -0.324 e. The maximum absolute atomic E-state index is 13.3. The lowest BCUT2D eigenvalue weighted by Crippen LogP contribution is -2.38. The third-order valence-corrected chi connectivity index (χ3v) is 7.69. The molecule has 0 saturated carbocycles. The van der Waals surface area contributed by atoms with Gasteiger partial charge in [-0.2, -0.15) is 13.2 Å². The Morgan fingerprint density at radius 2 is 1.64 bits per heavy atom. The van der Waals surface area contributed by atoms with Gasteiger partial charge < -0.3 is 5.32 Å². The van der Waals surface area contributed by atoms with Gasteiger partial charge >= 0.3 is 6.18 Å². The van der Waals surface area contributed by atoms with Gasteiger partial charge in [-0.25, -0.2) is 8.42 Å². The van der Waals surface area contributed by atoms with Crippen molar-refractivity contribution < 1.29 is 26.4 Å². The van der Waals surface area contributed by atoms with Gasteiger partial charge in [-0.05, 0) is 64.5 Å². The summed E-state index contributed by atoms with van der Waals surface area (Å²) in [6, 6.07) is 13.7. The molecule has 5 nitrogen and oxygen atoms in total. The molecule has 0 saturated heterocycles. The number of hydrogen-bond donors (Lipinski definition) is 1. The number of carbonyl (C=O) groups excluding carboxylic acids is 1. The van der Waals surface area contributed by atoms with Crippen LogP contribution >= 0.6 is 39.1 Å². The van der Waals surface area contributed by atoms with Crippen LogP contribution in [-0.4, -0.2) is 20.9 Å². The van der Waals surface area contributed by atoms with E-state index in [2.05, 4.69) is 21.2 Å². The number of benzene rings is 3. The van der Waals surface area contributed by atoms with E-state index in [9.17, 15) is 26.4 Å². The number of nitrogens with one attached hydrogen (secondary N) is 1. The molecule has 0 heterocycles. The number of rotatable bonds is 6. The molecule has 0 aliphatic carbocycles. The van der Waals surface area contributed by atoms with Crippen molar-refractivity contribution >= 4 is 66.4 Å². The zero-order chi connectivity index (χ0) is 24.4. The maximum Gasteiger partial charge on any atom is 0.416 e. The zero-order valence-corrected chi connectivity index (χ0v) is 20.3. The molecule has 1 N–H and O–H groups in total. The van der Waals surface area contributed by atoms with Gasteiger partial charge in [0, 0.05) is 10.2 Å². The van der Waals surface area contributed by atoms with E-state index in [-0.39, 0.29) is 15.6 Å². The zero-order valence-electron chi connectivity index (χ0n) is 16.4. The van der Waals surface area contributed by atoms with E-state index < -0.39 is 39.9 Å². The van der Waals surface area contributed by atoms with E-state index in [0.717, 1.165) is 12.1 Å². The van der Waals surface area contributed by atoms with Crippen molar-refractivity contribution in [2.45, 2.75) is 11.1 Å². The van der Waals surface area contributed by atoms with Gasteiger partial charge in [-0.15, -0.1) is 0 Å². The number of anilines is 2. The van der Waals surface area contributed by atoms with Crippen molar-refractivity contribution in [2.75, 3.05) is 16.2 Å². The van der Waals surface area contributed by atoms with E-state index >= 15 is 0 Å². The van der Waals surface area contributed by atoms with E-state index in [1.165, 1.54) is 36.4 Å². The van der Waals surface area contributed by atoms with E-state index in [1.54, 1.807) is 12.1 Å². The molecular formula is C21H14BrCl2F3N2O3S. The second-order valence-corrected chi connectivity index (χ2v) is 10.2. The van der Waals surface area contributed by atoms with Crippen LogP contribution < -0.4 is 9.62 Å². The second kappa shape index (κ2) is 9.92. The average Bonchev–Trinajstić information content (AvgIpc) is 2.75. The van der Waals surface area contributed by atoms with Crippen LogP contribution in [0.2, 0.25) is 10.0 Å². The lowest BCUT2D eigenvalue weighted by molar-refractivity contribution is -0.137. The van der Waals surface area contributed by atoms with Gasteiger partial charge in [0.25, 0.3) is 10.0 Å². The SMILES string of the molecule is O=C(CN(c1cc(C(F)(F)F)ccc1Cl)S(=O)(=O)c1ccccc1)Nc1ccc(Br)c(Cl)c1. The summed E-state index contributed by atoms with van der Waals surface area (Å²) in [5.74, 6) is -0.818. The van der Waals surface area contributed by atoms with E-state index in [0.29, 0.717) is 19.9 Å². The first-order valence-electron chi connectivity index (χ1n) is 9.09. The highest BCUT2D eigenvalue weighted by atomic mass is 79.9. The third kappa shape index (κ3) is 6.00. The molecule has 3 aromatic rings. The summed E-state index contributed by atoms with van der Waals surface area (Å²) in [6.45, 7) is -0.841. The van der Waals surface area contributed by atoms with Crippen LogP contribution in [0, 0.1) is 0 Å². The highest BCUT2D eigenvalue weighted by Crippen LogP contribution is 2.37. The average molecular weight is 582 g/mol. The molecule has 0 aliphatic rings. The second-order valence-electron chi connectivity index (χ2n) is 6.67. The summed E-state index contributed by atoms with van der Waals surface area (Å²) >= 11 is 15.3. The molecule has 0 aromatic heterocycles. The largest absolute Gasteiger partial charge is 0.416 e. The first-order chi connectivity index (χ1) is 15.4. The molecule has 3 aromatic carbocycles. The number of sulfonamides is 1. The lowest BCUT2D eigenvalue weighted by Gasteiger charge is -2.26. The van der Waals surface area contributed by atoms with Gasteiger partial charge in [0.05, 0.1) is 26.2 Å². The number of amides is 1. The Bertz CT molecular complexity index is 1290. The molecule has 0 aliphatic heterocycles. The smallest absolute Gasteiger partial charge is 0.324 e. The Hall–Kier alpha value is -2.27. The van der Waals surface area contributed by atoms with Crippen molar-refractivity contribution in [3.05, 3.63) is 86.8 Å². The number of nitrogens with zero attached hydrogens (tertiary/aromatic N) is 1. The van der Waals surface area contributed by atoms with E-state index in [4.69, 9.17) is 23.2 Å². The highest BCUT2D eigenvalue weighted by molar-refractivity contribution is 9.10. The van der Waals surface area contributed by atoms with Crippen molar-refractivity contribution in [2.24, 2.45) is 0 Å². The van der Waals surface area contributed by atoms with Gasteiger partial charge in [0.2, 0.25) is 5.91 Å². The van der Waals surface area contributed by atoms with Gasteiger partial charge in [0.1, 0.15) is 6.54 Å². The minimum absolute atomic E-state index is 0.224. The van der Waals surface area contributed by atoms with Crippen LogP contribution in [0.1, 0.15) is 5.56 Å². The van der Waals surface area contributed by atoms with Gasteiger partial charge in [-0.3, -0.25) is 9.10 Å². The Balaban J connectivity index is 2.05. The number of halogens is 6. The summed E-state index contributed by atoms with van der Waals surface area (Å²) < 4.78 is 67.6. The first kappa shape index (κ1) is 25.4. The number of carbonyl (C=O) groups is 1. The molecule has 0 bridgehead atoms. The van der Waals surface area contributed by atoms with Crippen molar-refractivity contribution in [1.82, 2.24) is 0 Å². The van der Waals surface area contributed by atoms with Crippen LogP contribution in [-0.2, 0) is 21.0 Å². The Labute approximate surface area is 206 Å². The number of hydrogen-bond acceptors (Lipinski definition) is 3. The fourth-order valence-electron chi connectivity index (χ4n) is 2.80. The normalized spacial score (nSPS) is 11.8. The van der Waals surface area contributed by atoms with Crippen molar-refractivity contribution in [1.29, 1.82) is 0 Å². The van der Waals surface area contributed by atoms with Crippen LogP contribution in [0.4, 0.5) is 24.5 Å². The molecule has 0 fully saturated rings. The van der Waals surface area contributed by atoms with Gasteiger partial charge in [-0.1, -0.05) is 41.4 Å². The topological polar surface area (TPSA) is 66.5 Å². The molecule has 33 heavy (non-hydrogen) atoms. The molecule has 3 rings (SSSR count). The molecule has 0 radical (unpaired) electrons. The number of alkyl halides is 3. The third-order valence-electron chi connectivity index (χ3n) is 4.36. The molecule has 0 unspecified atom stereocenters. The predicted octanol–water partition coefficient (Wildman–Crippen LogP) is 6.61. The summed E-state index contributed by atoms with van der Waals surface area (Å²) in [4.78, 5) is 12.5. The lowest BCUT2D eigenvalue weighted by atomic mass is 10.2. The van der Waals surface area contributed by atoms with Crippen LogP contribution in [0.25, 0.3) is 0 Å². The fourth-order valence-corrected chi connectivity index (χ4v) is 4.95. The van der Waals surface area contributed by atoms with Crippen LogP contribution in [0.15, 0.2) is 76.1 Å². The standard InChI is InChI=1S/C21H14BrCl2F3N2O3S/c22-16-8-7-14(11-18(16)24)28-20(30)12-29(33(31,32)15-4-2-1-3-5-15)19-10-13(21(25,26)27)6-9-17(19)23/h1-11H,12H2,(H,28,30). The molecule has 0 atom stereocenters. The summed E-state index contributed by atoms with van der Waals surface area (Å²) in [5, 5.41) is 2.50. The quantitative estimate of drug-likeness (QED) is 0.356. The molecule has 12 heteroatoms.